The summed E-state index contributed by atoms with van der Waals surface area (Å²) < 4.78 is 7.52. The number of hydrogen-bond donors (Lipinski definition) is 1. The Hall–Kier alpha value is -2.70. The molecule has 138 valence electrons. The average molecular weight is 354 g/mol. The number of fused-ring (bicyclic) bond motifs is 2. The molecule has 1 aliphatic heterocycles. The lowest BCUT2D eigenvalue weighted by atomic mass is 10.2. The predicted octanol–water partition coefficient (Wildman–Crippen LogP) is 3.14. The highest BCUT2D eigenvalue weighted by Gasteiger charge is 2.17. The van der Waals surface area contributed by atoms with Gasteiger partial charge in [0.15, 0.2) is 23.0 Å². The number of hydrogen-bond acceptors (Lipinski definition) is 6. The van der Waals surface area contributed by atoms with Crippen LogP contribution in [0.4, 0.5) is 5.82 Å². The predicted molar refractivity (Wildman–Crippen MR) is 102 cm³/mol. The summed E-state index contributed by atoms with van der Waals surface area (Å²) in [5.74, 6) is 2.46. The number of rotatable bonds is 3. The molecular formula is C19H26N6O. The third kappa shape index (κ3) is 3.61. The Morgan fingerprint density at radius 3 is 2.77 bits per heavy atom. The van der Waals surface area contributed by atoms with Crippen molar-refractivity contribution in [1.29, 1.82) is 0 Å². The van der Waals surface area contributed by atoms with Gasteiger partial charge in [-0.15, -0.1) is 0 Å². The van der Waals surface area contributed by atoms with Crippen molar-refractivity contribution in [3.05, 3.63) is 41.2 Å². The molecule has 0 aromatic carbocycles. The van der Waals surface area contributed by atoms with Gasteiger partial charge in [-0.25, -0.2) is 14.5 Å². The van der Waals surface area contributed by atoms with E-state index in [2.05, 4.69) is 32.3 Å². The fourth-order valence-electron chi connectivity index (χ4n) is 2.82. The van der Waals surface area contributed by atoms with Crippen molar-refractivity contribution in [3.8, 4) is 5.75 Å². The third-order valence-corrected chi connectivity index (χ3v) is 4.15. The summed E-state index contributed by atoms with van der Waals surface area (Å²) >= 11 is 0. The van der Waals surface area contributed by atoms with E-state index in [9.17, 15) is 0 Å². The van der Waals surface area contributed by atoms with E-state index in [4.69, 9.17) is 4.74 Å². The quantitative estimate of drug-likeness (QED) is 0.779. The maximum absolute atomic E-state index is 5.66. The normalized spacial score (nSPS) is 15.5. The van der Waals surface area contributed by atoms with Gasteiger partial charge in [0.1, 0.15) is 6.61 Å². The molecule has 0 radical (unpaired) electrons. The summed E-state index contributed by atoms with van der Waals surface area (Å²) in [5.41, 5.74) is 3.70. The molecule has 1 aliphatic rings. The van der Waals surface area contributed by atoms with Crippen LogP contribution in [0.3, 0.4) is 0 Å². The number of nitrogens with zero attached hydrogens (tertiary/aromatic N) is 5. The van der Waals surface area contributed by atoms with Crippen LogP contribution >= 0.6 is 0 Å². The van der Waals surface area contributed by atoms with Crippen LogP contribution in [0, 0.1) is 13.8 Å². The Balaban J connectivity index is 0.000000948. The zero-order valence-electron chi connectivity index (χ0n) is 16.1. The molecule has 0 saturated carbocycles. The molecule has 0 spiro atoms. The lowest BCUT2D eigenvalue weighted by molar-refractivity contribution is 0.289. The van der Waals surface area contributed by atoms with E-state index in [1.165, 1.54) is 0 Å². The second kappa shape index (κ2) is 7.68. The minimum absolute atomic E-state index is 0.277. The summed E-state index contributed by atoms with van der Waals surface area (Å²) in [7, 11) is 0. The third-order valence-electron chi connectivity index (χ3n) is 4.15. The van der Waals surface area contributed by atoms with Crippen molar-refractivity contribution >= 4 is 11.5 Å². The van der Waals surface area contributed by atoms with Crippen molar-refractivity contribution in [3.63, 3.8) is 0 Å². The molecule has 0 saturated heterocycles. The van der Waals surface area contributed by atoms with E-state index < -0.39 is 0 Å². The molecule has 0 bridgehead atoms. The zero-order chi connectivity index (χ0) is 18.7. The second-order valence-electron chi connectivity index (χ2n) is 6.25. The van der Waals surface area contributed by atoms with Crippen LogP contribution in [0.2, 0.25) is 0 Å². The first-order valence-electron chi connectivity index (χ1n) is 9.17. The number of aromatic nitrogens is 5. The van der Waals surface area contributed by atoms with Crippen LogP contribution in [-0.2, 0) is 12.8 Å². The molecule has 1 atom stereocenters. The van der Waals surface area contributed by atoms with Crippen molar-refractivity contribution in [2.45, 2.75) is 53.5 Å². The molecule has 26 heavy (non-hydrogen) atoms. The van der Waals surface area contributed by atoms with E-state index in [-0.39, 0.29) is 6.04 Å². The largest absolute Gasteiger partial charge is 0.488 e. The summed E-state index contributed by atoms with van der Waals surface area (Å²) in [6.07, 6.45) is 3.34. The van der Waals surface area contributed by atoms with Gasteiger partial charge in [-0.1, -0.05) is 13.8 Å². The van der Waals surface area contributed by atoms with E-state index >= 15 is 0 Å². The molecule has 1 N–H and O–H groups in total. The lowest BCUT2D eigenvalue weighted by Crippen LogP contribution is -2.29. The molecule has 0 unspecified atom stereocenters. The van der Waals surface area contributed by atoms with Gasteiger partial charge in [0, 0.05) is 18.3 Å². The highest BCUT2D eigenvalue weighted by atomic mass is 16.5. The van der Waals surface area contributed by atoms with Gasteiger partial charge in [-0.3, -0.25) is 4.98 Å². The first-order chi connectivity index (χ1) is 12.6. The maximum Gasteiger partial charge on any atom is 0.177 e. The van der Waals surface area contributed by atoms with E-state index in [0.717, 1.165) is 53.0 Å². The van der Waals surface area contributed by atoms with Gasteiger partial charge in [0.25, 0.3) is 0 Å². The first-order valence-corrected chi connectivity index (χ1v) is 9.17. The van der Waals surface area contributed by atoms with E-state index in [1.54, 1.807) is 0 Å². The molecule has 0 amide bonds. The summed E-state index contributed by atoms with van der Waals surface area (Å²) in [6, 6.07) is 4.26. The van der Waals surface area contributed by atoms with Gasteiger partial charge >= 0.3 is 0 Å². The molecule has 3 aromatic rings. The van der Waals surface area contributed by atoms with Crippen LogP contribution in [0.5, 0.6) is 5.75 Å². The monoisotopic (exact) mass is 354 g/mol. The summed E-state index contributed by atoms with van der Waals surface area (Å²) in [5, 5.41) is 7.94. The van der Waals surface area contributed by atoms with Crippen molar-refractivity contribution in [2.75, 3.05) is 11.9 Å². The van der Waals surface area contributed by atoms with E-state index in [1.807, 2.05) is 50.5 Å². The van der Waals surface area contributed by atoms with Crippen LogP contribution < -0.4 is 10.1 Å². The number of aryl methyl sites for hydroxylation is 4. The molecule has 4 heterocycles. The highest BCUT2D eigenvalue weighted by Crippen LogP contribution is 2.27. The Kier molecular flexibility index (Phi) is 5.35. The fraction of sp³-hybridized carbons (Fsp3) is 0.474. The van der Waals surface area contributed by atoms with Crippen LogP contribution in [0.1, 0.15) is 43.7 Å². The molecule has 3 aromatic heterocycles. The van der Waals surface area contributed by atoms with Crippen molar-refractivity contribution < 1.29 is 4.74 Å². The minimum Gasteiger partial charge on any atom is -0.488 e. The van der Waals surface area contributed by atoms with Gasteiger partial charge in [-0.05, 0) is 39.3 Å². The topological polar surface area (TPSA) is 77.2 Å². The minimum atomic E-state index is 0.277. The SMILES string of the molecule is CC.Cc1ncc(C)n2nc(CCc3ccc4c(n3)N[C@H](C)CO4)nc12. The molecule has 4 rings (SSSR count). The molecule has 7 heteroatoms. The number of pyridine rings is 1. The first kappa shape index (κ1) is 18.1. The number of anilines is 1. The highest BCUT2D eigenvalue weighted by molar-refractivity contribution is 5.53. The Bertz CT molecular complexity index is 865. The second-order valence-corrected chi connectivity index (χ2v) is 6.25. The summed E-state index contributed by atoms with van der Waals surface area (Å²) in [4.78, 5) is 13.6. The summed E-state index contributed by atoms with van der Waals surface area (Å²) in [6.45, 7) is 10.7. The van der Waals surface area contributed by atoms with Crippen LogP contribution in [0.15, 0.2) is 18.3 Å². The van der Waals surface area contributed by atoms with E-state index in [0.29, 0.717) is 6.61 Å². The standard InChI is InChI=1S/C17H20N6O.C2H6/c1-10-9-24-14-6-4-13(20-16(14)19-10)5-7-15-21-17-12(3)18-8-11(2)23(17)22-15;1-2/h4,6,8,10H,5,7,9H2,1-3H3,(H,19,20);1-2H3/t10-;/m1./s1. The number of ether oxygens (including phenoxy) is 1. The molecular weight excluding hydrogens is 328 g/mol. The van der Waals surface area contributed by atoms with Crippen LogP contribution in [0.25, 0.3) is 5.65 Å². The maximum atomic E-state index is 5.66. The van der Waals surface area contributed by atoms with Crippen molar-refractivity contribution in [1.82, 2.24) is 24.6 Å². The lowest BCUT2D eigenvalue weighted by Gasteiger charge is -2.24. The average Bonchev–Trinajstić information content (AvgIpc) is 3.10. The zero-order valence-corrected chi connectivity index (χ0v) is 16.1. The molecule has 7 nitrogen and oxygen atoms in total. The van der Waals surface area contributed by atoms with Gasteiger partial charge < -0.3 is 10.1 Å². The smallest absolute Gasteiger partial charge is 0.177 e. The fourth-order valence-corrected chi connectivity index (χ4v) is 2.82. The molecule has 0 aliphatic carbocycles. The van der Waals surface area contributed by atoms with Crippen LogP contribution in [-0.4, -0.2) is 37.2 Å². The number of nitrogens with one attached hydrogen (secondary N) is 1. The Morgan fingerprint density at radius 2 is 2.00 bits per heavy atom. The van der Waals surface area contributed by atoms with Gasteiger partial charge in [-0.2, -0.15) is 5.10 Å². The Morgan fingerprint density at radius 1 is 1.19 bits per heavy atom. The van der Waals surface area contributed by atoms with Gasteiger partial charge in [0.2, 0.25) is 0 Å². The Labute approximate surface area is 153 Å². The van der Waals surface area contributed by atoms with Crippen molar-refractivity contribution in [2.24, 2.45) is 0 Å². The molecule has 0 fully saturated rings. The van der Waals surface area contributed by atoms with Gasteiger partial charge in [0.05, 0.1) is 17.4 Å².